The Morgan fingerprint density at radius 1 is 1.35 bits per heavy atom. The Kier molecular flexibility index (Phi) is 3.42. The van der Waals surface area contributed by atoms with E-state index in [-0.39, 0.29) is 11.3 Å². The third kappa shape index (κ3) is 2.77. The number of phenolic OH excluding ortho intramolecular Hbond substituents is 1. The van der Waals surface area contributed by atoms with Crippen molar-refractivity contribution in [2.75, 3.05) is 5.32 Å². The first-order valence-electron chi connectivity index (χ1n) is 4.63. The van der Waals surface area contributed by atoms with E-state index >= 15 is 0 Å². The molecule has 0 aliphatic carbocycles. The van der Waals surface area contributed by atoms with Crippen LogP contribution in [0.2, 0.25) is 0 Å². The fraction of sp³-hybridized carbons (Fsp3) is 0.200. The molecule has 0 aliphatic heterocycles. The lowest BCUT2D eigenvalue weighted by atomic mass is 10.1. The number of nitrogens with one attached hydrogen (secondary N) is 1. The molecule has 0 unspecified atom stereocenters. The Hall–Kier alpha value is -2.44. The predicted molar refractivity (Wildman–Crippen MR) is 59.1 cm³/mol. The molecule has 1 rings (SSSR count). The highest BCUT2D eigenvalue weighted by Crippen LogP contribution is 2.33. The molecule has 0 aliphatic rings. The van der Waals surface area contributed by atoms with Crippen LogP contribution in [0, 0.1) is 10.1 Å². The summed E-state index contributed by atoms with van der Waals surface area (Å²) in [4.78, 5) is 31.8. The van der Waals surface area contributed by atoms with Gasteiger partial charge in [0.25, 0.3) is 0 Å². The predicted octanol–water partition coefficient (Wildman–Crippen LogP) is 1.46. The van der Waals surface area contributed by atoms with E-state index < -0.39 is 28.1 Å². The first-order chi connectivity index (χ1) is 7.82. The summed E-state index contributed by atoms with van der Waals surface area (Å²) in [5.74, 6) is -1.66. The van der Waals surface area contributed by atoms with Gasteiger partial charge in [0.15, 0.2) is 5.78 Å². The number of nitro benzene ring substituents is 1. The third-order valence-electron chi connectivity index (χ3n) is 1.99. The molecule has 0 radical (unpaired) electrons. The fourth-order valence-corrected chi connectivity index (χ4v) is 1.30. The lowest BCUT2D eigenvalue weighted by Gasteiger charge is -2.06. The van der Waals surface area contributed by atoms with Crippen LogP contribution in [-0.4, -0.2) is 21.7 Å². The number of carbonyl (C=O) groups is 2. The van der Waals surface area contributed by atoms with Gasteiger partial charge in [-0.25, -0.2) is 0 Å². The number of ketones is 1. The van der Waals surface area contributed by atoms with Gasteiger partial charge < -0.3 is 10.4 Å². The number of aromatic hydroxyl groups is 1. The minimum Gasteiger partial charge on any atom is -0.502 e. The molecule has 0 bridgehead atoms. The summed E-state index contributed by atoms with van der Waals surface area (Å²) >= 11 is 0. The summed E-state index contributed by atoms with van der Waals surface area (Å²) < 4.78 is 0. The van der Waals surface area contributed by atoms with Crippen LogP contribution in [-0.2, 0) is 4.79 Å². The number of benzene rings is 1. The normalized spacial score (nSPS) is 9.76. The second-order valence-corrected chi connectivity index (χ2v) is 3.39. The van der Waals surface area contributed by atoms with Gasteiger partial charge in [0.2, 0.25) is 11.7 Å². The van der Waals surface area contributed by atoms with Crippen LogP contribution in [0.15, 0.2) is 12.1 Å². The SMILES string of the molecule is CC(=O)Nc1cc(C(C)=O)c(O)c([N+](=O)[O-])c1. The lowest BCUT2D eigenvalue weighted by Crippen LogP contribution is -2.07. The number of hydrogen-bond acceptors (Lipinski definition) is 5. The maximum absolute atomic E-state index is 11.2. The molecule has 0 saturated carbocycles. The number of phenols is 1. The Morgan fingerprint density at radius 3 is 2.35 bits per heavy atom. The molecule has 0 fully saturated rings. The summed E-state index contributed by atoms with van der Waals surface area (Å²) in [6.07, 6.45) is 0. The van der Waals surface area contributed by atoms with Crippen LogP contribution < -0.4 is 5.32 Å². The van der Waals surface area contributed by atoms with Crippen molar-refractivity contribution in [3.8, 4) is 5.75 Å². The van der Waals surface area contributed by atoms with Crippen LogP contribution in [0.5, 0.6) is 5.75 Å². The van der Waals surface area contributed by atoms with E-state index in [2.05, 4.69) is 5.32 Å². The number of rotatable bonds is 3. The maximum atomic E-state index is 11.2. The van der Waals surface area contributed by atoms with E-state index in [9.17, 15) is 24.8 Å². The number of Topliss-reactive ketones (excluding diaryl/α,β-unsaturated/α-hetero) is 1. The second kappa shape index (κ2) is 4.60. The maximum Gasteiger partial charge on any atom is 0.313 e. The minimum atomic E-state index is -0.826. The number of anilines is 1. The van der Waals surface area contributed by atoms with E-state index in [0.29, 0.717) is 0 Å². The molecule has 7 heteroatoms. The molecule has 0 atom stereocenters. The number of nitrogens with zero attached hydrogens (tertiary/aromatic N) is 1. The largest absolute Gasteiger partial charge is 0.502 e. The van der Waals surface area contributed by atoms with Gasteiger partial charge in [0.05, 0.1) is 10.5 Å². The van der Waals surface area contributed by atoms with Crippen molar-refractivity contribution in [2.45, 2.75) is 13.8 Å². The topological polar surface area (TPSA) is 110 Å². The highest BCUT2D eigenvalue weighted by atomic mass is 16.6. The monoisotopic (exact) mass is 238 g/mol. The van der Waals surface area contributed by atoms with Crippen LogP contribution in [0.1, 0.15) is 24.2 Å². The standard InChI is InChI=1S/C10H10N2O5/c1-5(13)8-3-7(11-6(2)14)4-9(10(8)15)12(16)17/h3-4,15H,1-2H3,(H,11,14). The average molecular weight is 238 g/mol. The third-order valence-corrected chi connectivity index (χ3v) is 1.99. The Morgan fingerprint density at radius 2 is 1.94 bits per heavy atom. The molecule has 90 valence electrons. The molecule has 1 aromatic carbocycles. The van der Waals surface area contributed by atoms with Gasteiger partial charge in [-0.15, -0.1) is 0 Å². The zero-order valence-corrected chi connectivity index (χ0v) is 9.18. The lowest BCUT2D eigenvalue weighted by molar-refractivity contribution is -0.385. The van der Waals surface area contributed by atoms with Crippen molar-refractivity contribution in [3.05, 3.63) is 27.8 Å². The second-order valence-electron chi connectivity index (χ2n) is 3.39. The summed E-state index contributed by atoms with van der Waals surface area (Å²) in [6, 6.07) is 2.18. The van der Waals surface area contributed by atoms with E-state index in [4.69, 9.17) is 0 Å². The Balaban J connectivity index is 3.41. The van der Waals surface area contributed by atoms with Crippen molar-refractivity contribution < 1.29 is 19.6 Å². The zero-order valence-electron chi connectivity index (χ0n) is 9.18. The van der Waals surface area contributed by atoms with Crippen LogP contribution in [0.4, 0.5) is 11.4 Å². The van der Waals surface area contributed by atoms with E-state index in [1.54, 1.807) is 0 Å². The zero-order chi connectivity index (χ0) is 13.2. The highest BCUT2D eigenvalue weighted by Gasteiger charge is 2.21. The molecular weight excluding hydrogens is 228 g/mol. The molecule has 0 spiro atoms. The van der Waals surface area contributed by atoms with E-state index in [0.717, 1.165) is 13.0 Å². The quantitative estimate of drug-likeness (QED) is 0.358. The molecule has 1 amide bonds. The molecule has 2 N–H and O–H groups in total. The molecule has 17 heavy (non-hydrogen) atoms. The van der Waals surface area contributed by atoms with Crippen molar-refractivity contribution in [2.24, 2.45) is 0 Å². The van der Waals surface area contributed by atoms with Gasteiger partial charge in [-0.05, 0) is 13.0 Å². The Bertz CT molecular complexity index is 474. The first-order valence-corrected chi connectivity index (χ1v) is 4.63. The van der Waals surface area contributed by atoms with Crippen molar-refractivity contribution in [1.29, 1.82) is 0 Å². The number of amides is 1. The number of nitro groups is 1. The summed E-state index contributed by atoms with van der Waals surface area (Å²) in [6.45, 7) is 2.39. The molecule has 0 aromatic heterocycles. The van der Waals surface area contributed by atoms with E-state index in [1.807, 2.05) is 0 Å². The van der Waals surface area contributed by atoms with Crippen molar-refractivity contribution in [3.63, 3.8) is 0 Å². The van der Waals surface area contributed by atoms with Crippen LogP contribution in [0.25, 0.3) is 0 Å². The fourth-order valence-electron chi connectivity index (χ4n) is 1.30. The van der Waals surface area contributed by atoms with Gasteiger partial charge in [-0.1, -0.05) is 0 Å². The summed E-state index contributed by atoms with van der Waals surface area (Å²) in [5.41, 5.74) is -0.739. The Labute approximate surface area is 96.2 Å². The molecule has 0 heterocycles. The minimum absolute atomic E-state index is 0.0900. The highest BCUT2D eigenvalue weighted by molar-refractivity contribution is 6.00. The molecule has 0 saturated heterocycles. The van der Waals surface area contributed by atoms with Crippen molar-refractivity contribution in [1.82, 2.24) is 0 Å². The summed E-state index contributed by atoms with van der Waals surface area (Å²) in [7, 11) is 0. The van der Waals surface area contributed by atoms with Crippen molar-refractivity contribution >= 4 is 23.1 Å². The van der Waals surface area contributed by atoms with Crippen LogP contribution >= 0.6 is 0 Å². The average Bonchev–Trinajstić information content (AvgIpc) is 2.18. The van der Waals surface area contributed by atoms with Gasteiger partial charge in [-0.2, -0.15) is 0 Å². The molecule has 7 nitrogen and oxygen atoms in total. The summed E-state index contributed by atoms with van der Waals surface area (Å²) in [5, 5.41) is 22.5. The number of carbonyl (C=O) groups excluding carboxylic acids is 2. The van der Waals surface area contributed by atoms with Gasteiger partial charge >= 0.3 is 5.69 Å². The molecule has 1 aromatic rings. The van der Waals surface area contributed by atoms with Crippen LogP contribution in [0.3, 0.4) is 0 Å². The first kappa shape index (κ1) is 12.6. The van der Waals surface area contributed by atoms with Gasteiger partial charge in [0, 0.05) is 18.7 Å². The van der Waals surface area contributed by atoms with E-state index in [1.165, 1.54) is 13.0 Å². The van der Waals surface area contributed by atoms with Gasteiger partial charge in [-0.3, -0.25) is 19.7 Å². The number of hydrogen-bond donors (Lipinski definition) is 2. The van der Waals surface area contributed by atoms with Gasteiger partial charge in [0.1, 0.15) is 0 Å². The molecular formula is C10H10N2O5. The smallest absolute Gasteiger partial charge is 0.313 e.